The van der Waals surface area contributed by atoms with Gasteiger partial charge in [-0.15, -0.1) is 0 Å². The number of ether oxygens (including phenoxy) is 2. The van der Waals surface area contributed by atoms with Crippen LogP contribution >= 0.6 is 0 Å². The lowest BCUT2D eigenvalue weighted by Gasteiger charge is -2.24. The Morgan fingerprint density at radius 1 is 1.16 bits per heavy atom. The fourth-order valence-corrected chi connectivity index (χ4v) is 2.14. The molecule has 0 radical (unpaired) electrons. The standard InChI is InChI=1S/C16H27NO2/c1-16(2,3)10-9-14(17-4)13-8-7-12(18-5)11-15(13)19-6/h7-8,11,14,17H,9-10H2,1-6H3. The van der Waals surface area contributed by atoms with Crippen LogP contribution in [-0.2, 0) is 0 Å². The van der Waals surface area contributed by atoms with Crippen LogP contribution in [0.5, 0.6) is 11.5 Å². The minimum atomic E-state index is 0.306. The first-order valence-electron chi connectivity index (χ1n) is 6.80. The molecule has 108 valence electrons. The van der Waals surface area contributed by atoms with Crippen LogP contribution in [-0.4, -0.2) is 21.3 Å². The van der Waals surface area contributed by atoms with Crippen LogP contribution in [0.3, 0.4) is 0 Å². The molecule has 0 aliphatic carbocycles. The van der Waals surface area contributed by atoms with Crippen molar-refractivity contribution in [3.05, 3.63) is 23.8 Å². The molecule has 1 rings (SSSR count). The van der Waals surface area contributed by atoms with Gasteiger partial charge in [-0.1, -0.05) is 26.8 Å². The van der Waals surface area contributed by atoms with E-state index in [1.807, 2.05) is 19.2 Å². The molecule has 0 aliphatic heterocycles. The number of hydrogen-bond donors (Lipinski definition) is 1. The smallest absolute Gasteiger partial charge is 0.127 e. The minimum Gasteiger partial charge on any atom is -0.497 e. The van der Waals surface area contributed by atoms with E-state index in [0.717, 1.165) is 24.3 Å². The molecular formula is C16H27NO2. The van der Waals surface area contributed by atoms with Gasteiger partial charge < -0.3 is 14.8 Å². The summed E-state index contributed by atoms with van der Waals surface area (Å²) in [6.45, 7) is 6.81. The number of methoxy groups -OCH3 is 2. The second kappa shape index (κ2) is 6.80. The van der Waals surface area contributed by atoms with Crippen LogP contribution in [0.2, 0.25) is 0 Å². The zero-order valence-corrected chi connectivity index (χ0v) is 13.0. The lowest BCUT2D eigenvalue weighted by molar-refractivity contribution is 0.331. The summed E-state index contributed by atoms with van der Waals surface area (Å²) in [6.07, 6.45) is 2.25. The van der Waals surface area contributed by atoms with Gasteiger partial charge in [0.15, 0.2) is 0 Å². The van der Waals surface area contributed by atoms with Gasteiger partial charge >= 0.3 is 0 Å². The van der Waals surface area contributed by atoms with E-state index in [2.05, 4.69) is 32.2 Å². The summed E-state index contributed by atoms with van der Waals surface area (Å²) in [5.74, 6) is 1.71. The highest BCUT2D eigenvalue weighted by molar-refractivity contribution is 5.42. The van der Waals surface area contributed by atoms with Crippen LogP contribution < -0.4 is 14.8 Å². The van der Waals surface area contributed by atoms with Crippen molar-refractivity contribution in [2.45, 2.75) is 39.7 Å². The Labute approximate surface area is 117 Å². The number of benzene rings is 1. The van der Waals surface area contributed by atoms with Crippen LogP contribution in [0.15, 0.2) is 18.2 Å². The van der Waals surface area contributed by atoms with E-state index in [1.165, 1.54) is 5.56 Å². The van der Waals surface area contributed by atoms with Crippen molar-refractivity contribution in [3.63, 3.8) is 0 Å². The number of rotatable bonds is 6. The Hall–Kier alpha value is -1.22. The summed E-state index contributed by atoms with van der Waals surface area (Å²) < 4.78 is 10.7. The topological polar surface area (TPSA) is 30.5 Å². The summed E-state index contributed by atoms with van der Waals surface area (Å²) in [7, 11) is 5.37. The molecule has 1 aromatic rings. The van der Waals surface area contributed by atoms with Gasteiger partial charge in [-0.3, -0.25) is 0 Å². The van der Waals surface area contributed by atoms with E-state index >= 15 is 0 Å². The number of hydrogen-bond acceptors (Lipinski definition) is 3. The third kappa shape index (κ3) is 4.75. The number of nitrogens with one attached hydrogen (secondary N) is 1. The van der Waals surface area contributed by atoms with Crippen molar-refractivity contribution in [1.29, 1.82) is 0 Å². The van der Waals surface area contributed by atoms with E-state index in [4.69, 9.17) is 9.47 Å². The summed E-state index contributed by atoms with van der Waals surface area (Å²) in [6, 6.07) is 6.32. The highest BCUT2D eigenvalue weighted by Crippen LogP contribution is 2.33. The van der Waals surface area contributed by atoms with E-state index in [-0.39, 0.29) is 0 Å². The summed E-state index contributed by atoms with van der Waals surface area (Å²) in [4.78, 5) is 0. The van der Waals surface area contributed by atoms with Gasteiger partial charge in [-0.25, -0.2) is 0 Å². The summed E-state index contributed by atoms with van der Waals surface area (Å²) in [5.41, 5.74) is 1.53. The first kappa shape index (κ1) is 15.8. The zero-order chi connectivity index (χ0) is 14.5. The van der Waals surface area contributed by atoms with Gasteiger partial charge in [-0.05, 0) is 31.4 Å². The Morgan fingerprint density at radius 3 is 2.32 bits per heavy atom. The van der Waals surface area contributed by atoms with Crippen LogP contribution in [0.1, 0.15) is 45.2 Å². The molecule has 0 saturated heterocycles. The molecule has 0 bridgehead atoms. The summed E-state index contributed by atoms with van der Waals surface area (Å²) >= 11 is 0. The quantitative estimate of drug-likeness (QED) is 0.849. The molecule has 0 fully saturated rings. The van der Waals surface area contributed by atoms with Crippen molar-refractivity contribution < 1.29 is 9.47 Å². The first-order chi connectivity index (χ1) is 8.91. The fourth-order valence-electron chi connectivity index (χ4n) is 2.14. The highest BCUT2D eigenvalue weighted by Gasteiger charge is 2.18. The van der Waals surface area contributed by atoms with Gasteiger partial charge in [0, 0.05) is 17.7 Å². The van der Waals surface area contributed by atoms with Crippen molar-refractivity contribution in [2.75, 3.05) is 21.3 Å². The maximum atomic E-state index is 5.48. The monoisotopic (exact) mass is 265 g/mol. The molecule has 0 amide bonds. The zero-order valence-electron chi connectivity index (χ0n) is 13.0. The lowest BCUT2D eigenvalue weighted by atomic mass is 9.87. The fraction of sp³-hybridized carbons (Fsp3) is 0.625. The summed E-state index contributed by atoms with van der Waals surface area (Å²) in [5, 5.41) is 3.38. The molecule has 0 heterocycles. The normalized spacial score (nSPS) is 13.2. The van der Waals surface area contributed by atoms with E-state index in [1.54, 1.807) is 14.2 Å². The maximum absolute atomic E-state index is 5.48. The first-order valence-corrected chi connectivity index (χ1v) is 6.80. The minimum absolute atomic E-state index is 0.306. The molecule has 0 aliphatic rings. The molecule has 1 N–H and O–H groups in total. The van der Waals surface area contributed by atoms with Crippen LogP contribution in [0, 0.1) is 5.41 Å². The molecular weight excluding hydrogens is 238 g/mol. The average Bonchev–Trinajstić information content (AvgIpc) is 2.38. The SMILES string of the molecule is CNC(CCC(C)(C)C)c1ccc(OC)cc1OC. The van der Waals surface area contributed by atoms with Crippen molar-refractivity contribution >= 4 is 0 Å². The highest BCUT2D eigenvalue weighted by atomic mass is 16.5. The van der Waals surface area contributed by atoms with Crippen LogP contribution in [0.4, 0.5) is 0 Å². The Balaban J connectivity index is 2.91. The molecule has 3 nitrogen and oxygen atoms in total. The Kier molecular flexibility index (Phi) is 5.67. The van der Waals surface area contributed by atoms with Gasteiger partial charge in [0.05, 0.1) is 14.2 Å². The molecule has 19 heavy (non-hydrogen) atoms. The van der Waals surface area contributed by atoms with Crippen molar-refractivity contribution in [1.82, 2.24) is 5.32 Å². The Morgan fingerprint density at radius 2 is 1.84 bits per heavy atom. The molecule has 3 heteroatoms. The Bertz CT molecular complexity index is 396. The van der Waals surface area contributed by atoms with Gasteiger partial charge in [0.1, 0.15) is 11.5 Å². The molecule has 1 aromatic carbocycles. The van der Waals surface area contributed by atoms with E-state index < -0.39 is 0 Å². The molecule has 0 spiro atoms. The second-order valence-electron chi connectivity index (χ2n) is 6.05. The maximum Gasteiger partial charge on any atom is 0.127 e. The molecule has 1 unspecified atom stereocenters. The molecule has 0 aromatic heterocycles. The van der Waals surface area contributed by atoms with E-state index in [9.17, 15) is 0 Å². The lowest BCUT2D eigenvalue weighted by Crippen LogP contribution is -2.19. The van der Waals surface area contributed by atoms with E-state index in [0.29, 0.717) is 11.5 Å². The average molecular weight is 265 g/mol. The molecule has 0 saturated carbocycles. The van der Waals surface area contributed by atoms with Gasteiger partial charge in [0.2, 0.25) is 0 Å². The second-order valence-corrected chi connectivity index (χ2v) is 6.05. The van der Waals surface area contributed by atoms with Gasteiger partial charge in [-0.2, -0.15) is 0 Å². The van der Waals surface area contributed by atoms with Crippen LogP contribution in [0.25, 0.3) is 0 Å². The third-order valence-electron chi connectivity index (χ3n) is 3.35. The van der Waals surface area contributed by atoms with Crippen molar-refractivity contribution in [2.24, 2.45) is 5.41 Å². The van der Waals surface area contributed by atoms with Gasteiger partial charge in [0.25, 0.3) is 0 Å². The van der Waals surface area contributed by atoms with Crippen molar-refractivity contribution in [3.8, 4) is 11.5 Å². The third-order valence-corrected chi connectivity index (χ3v) is 3.35. The molecule has 1 atom stereocenters. The predicted molar refractivity (Wildman–Crippen MR) is 80.0 cm³/mol. The largest absolute Gasteiger partial charge is 0.497 e. The predicted octanol–water partition coefficient (Wildman–Crippen LogP) is 3.79.